The van der Waals surface area contributed by atoms with E-state index < -0.39 is 0 Å². The lowest BCUT2D eigenvalue weighted by Gasteiger charge is -2.16. The summed E-state index contributed by atoms with van der Waals surface area (Å²) in [5, 5.41) is 17.8. The molecule has 22 heavy (non-hydrogen) atoms. The fourth-order valence-electron chi connectivity index (χ4n) is 2.65. The van der Waals surface area contributed by atoms with Crippen molar-refractivity contribution in [3.05, 3.63) is 51.4 Å². The van der Waals surface area contributed by atoms with Crippen molar-refractivity contribution in [1.82, 2.24) is 14.0 Å². The normalized spacial score (nSPS) is 11.2. The summed E-state index contributed by atoms with van der Waals surface area (Å²) in [6.07, 6.45) is 1.66. The monoisotopic (exact) mass is 293 g/mol. The second kappa shape index (κ2) is 4.81. The Labute approximate surface area is 126 Å². The summed E-state index contributed by atoms with van der Waals surface area (Å²) in [5.74, 6) is 0. The zero-order valence-electron chi connectivity index (χ0n) is 12.6. The van der Waals surface area contributed by atoms with Gasteiger partial charge >= 0.3 is 0 Å². The standard InChI is InChI=1S/C16H15N5O/c1-9(2)21-13(18)11(8-17)7-12-15(21)19-14-10(3)5-4-6-20(14)16(12)22/h4-7,9,18H,1-3H3. The molecule has 0 radical (unpaired) electrons. The van der Waals surface area contributed by atoms with Crippen LogP contribution >= 0.6 is 0 Å². The number of pyridine rings is 2. The van der Waals surface area contributed by atoms with Gasteiger partial charge in [0.25, 0.3) is 5.56 Å². The summed E-state index contributed by atoms with van der Waals surface area (Å²) in [5.41, 5.74) is 1.92. The lowest BCUT2D eigenvalue weighted by Crippen LogP contribution is -2.28. The van der Waals surface area contributed by atoms with Crippen LogP contribution in [-0.2, 0) is 0 Å². The number of fused-ring (bicyclic) bond motifs is 2. The van der Waals surface area contributed by atoms with Gasteiger partial charge in [0.15, 0.2) is 0 Å². The van der Waals surface area contributed by atoms with Crippen LogP contribution in [-0.4, -0.2) is 14.0 Å². The van der Waals surface area contributed by atoms with Crippen LogP contribution in [0.4, 0.5) is 0 Å². The van der Waals surface area contributed by atoms with E-state index in [2.05, 4.69) is 4.98 Å². The number of hydrogen-bond donors (Lipinski definition) is 1. The van der Waals surface area contributed by atoms with Gasteiger partial charge in [-0.15, -0.1) is 0 Å². The summed E-state index contributed by atoms with van der Waals surface area (Å²) < 4.78 is 3.11. The summed E-state index contributed by atoms with van der Waals surface area (Å²) in [4.78, 5) is 17.3. The van der Waals surface area contributed by atoms with E-state index >= 15 is 0 Å². The molecule has 0 unspecified atom stereocenters. The van der Waals surface area contributed by atoms with Gasteiger partial charge in [-0.3, -0.25) is 14.6 Å². The van der Waals surface area contributed by atoms with Crippen LogP contribution in [0.3, 0.4) is 0 Å². The molecule has 0 amide bonds. The third-order valence-electron chi connectivity index (χ3n) is 3.71. The maximum atomic E-state index is 12.7. The molecule has 0 bridgehead atoms. The molecular weight excluding hydrogens is 278 g/mol. The molecule has 0 aliphatic rings. The highest BCUT2D eigenvalue weighted by Gasteiger charge is 2.15. The molecule has 3 aromatic rings. The molecule has 0 aliphatic heterocycles. The lowest BCUT2D eigenvalue weighted by molar-refractivity contribution is 0.580. The summed E-state index contributed by atoms with van der Waals surface area (Å²) in [6, 6.07) is 7.04. The molecular formula is C16H15N5O. The third kappa shape index (κ3) is 1.83. The maximum absolute atomic E-state index is 12.7. The number of aromatic nitrogens is 3. The van der Waals surface area contributed by atoms with Crippen molar-refractivity contribution in [2.45, 2.75) is 26.8 Å². The van der Waals surface area contributed by atoms with Crippen LogP contribution in [0.5, 0.6) is 0 Å². The first-order valence-corrected chi connectivity index (χ1v) is 6.97. The number of nitrogens with zero attached hydrogens (tertiary/aromatic N) is 4. The molecule has 0 saturated heterocycles. The minimum absolute atomic E-state index is 0.0786. The minimum Gasteiger partial charge on any atom is -0.307 e. The fraction of sp³-hybridized carbons (Fsp3) is 0.250. The van der Waals surface area contributed by atoms with Crippen LogP contribution in [0.2, 0.25) is 0 Å². The summed E-state index contributed by atoms with van der Waals surface area (Å²) in [7, 11) is 0. The highest BCUT2D eigenvalue weighted by Crippen LogP contribution is 2.15. The Kier molecular flexibility index (Phi) is 3.06. The van der Waals surface area contributed by atoms with E-state index in [1.807, 2.05) is 32.9 Å². The molecule has 0 aromatic carbocycles. The molecule has 0 saturated carbocycles. The Morgan fingerprint density at radius 1 is 1.36 bits per heavy atom. The van der Waals surface area contributed by atoms with Gasteiger partial charge < -0.3 is 4.57 Å². The van der Waals surface area contributed by atoms with Gasteiger partial charge in [-0.2, -0.15) is 5.26 Å². The summed E-state index contributed by atoms with van der Waals surface area (Å²) in [6.45, 7) is 5.69. The van der Waals surface area contributed by atoms with Gasteiger partial charge in [-0.05, 0) is 38.5 Å². The molecule has 3 heterocycles. The first-order valence-electron chi connectivity index (χ1n) is 6.97. The third-order valence-corrected chi connectivity index (χ3v) is 3.71. The number of hydrogen-bond acceptors (Lipinski definition) is 4. The van der Waals surface area contributed by atoms with Crippen LogP contribution in [0, 0.1) is 23.7 Å². The average Bonchev–Trinajstić information content (AvgIpc) is 2.48. The van der Waals surface area contributed by atoms with Crippen molar-refractivity contribution >= 4 is 16.7 Å². The quantitative estimate of drug-likeness (QED) is 0.695. The Balaban J connectivity index is 2.69. The lowest BCUT2D eigenvalue weighted by atomic mass is 10.2. The molecule has 1 N–H and O–H groups in total. The molecule has 6 nitrogen and oxygen atoms in total. The summed E-state index contributed by atoms with van der Waals surface area (Å²) >= 11 is 0. The Morgan fingerprint density at radius 2 is 2.09 bits per heavy atom. The van der Waals surface area contributed by atoms with Gasteiger partial charge in [-0.1, -0.05) is 6.07 Å². The van der Waals surface area contributed by atoms with Gasteiger partial charge in [0.05, 0.1) is 10.9 Å². The fourth-order valence-corrected chi connectivity index (χ4v) is 2.65. The predicted molar refractivity (Wildman–Crippen MR) is 82.6 cm³/mol. The van der Waals surface area contributed by atoms with E-state index in [1.165, 1.54) is 10.5 Å². The largest absolute Gasteiger partial charge is 0.307 e. The Morgan fingerprint density at radius 3 is 2.73 bits per heavy atom. The second-order valence-corrected chi connectivity index (χ2v) is 5.52. The smallest absolute Gasteiger partial charge is 0.267 e. The molecule has 3 rings (SSSR count). The van der Waals surface area contributed by atoms with Crippen LogP contribution in [0.15, 0.2) is 29.2 Å². The first-order chi connectivity index (χ1) is 10.5. The maximum Gasteiger partial charge on any atom is 0.267 e. The SMILES string of the molecule is Cc1cccn2c(=O)c3cc(C#N)c(=N)n(C(C)C)c3nc12. The number of aryl methyl sites for hydroxylation is 1. The topological polar surface area (TPSA) is 86.9 Å². The highest BCUT2D eigenvalue weighted by atomic mass is 16.1. The molecule has 3 aromatic heterocycles. The van der Waals surface area contributed by atoms with Gasteiger partial charge in [0, 0.05) is 12.2 Å². The molecule has 110 valence electrons. The number of nitriles is 1. The van der Waals surface area contributed by atoms with E-state index in [0.717, 1.165) is 5.56 Å². The molecule has 0 spiro atoms. The van der Waals surface area contributed by atoms with Crippen molar-refractivity contribution in [3.8, 4) is 6.07 Å². The van der Waals surface area contributed by atoms with E-state index in [4.69, 9.17) is 5.41 Å². The molecule has 0 fully saturated rings. The van der Waals surface area contributed by atoms with Crippen LogP contribution in [0.1, 0.15) is 31.0 Å². The minimum atomic E-state index is -0.227. The zero-order valence-corrected chi connectivity index (χ0v) is 12.6. The predicted octanol–water partition coefficient (Wildman–Crippen LogP) is 1.89. The van der Waals surface area contributed by atoms with Crippen molar-refractivity contribution < 1.29 is 0 Å². The van der Waals surface area contributed by atoms with Gasteiger partial charge in [0.2, 0.25) is 0 Å². The first kappa shape index (κ1) is 14.0. The van der Waals surface area contributed by atoms with Gasteiger partial charge in [-0.25, -0.2) is 4.98 Å². The van der Waals surface area contributed by atoms with E-state index in [-0.39, 0.29) is 22.7 Å². The Bertz CT molecular complexity index is 1070. The van der Waals surface area contributed by atoms with Crippen LogP contribution in [0.25, 0.3) is 16.7 Å². The molecule has 0 atom stereocenters. The molecule has 0 aliphatic carbocycles. The number of nitrogens with one attached hydrogen (secondary N) is 1. The second-order valence-electron chi connectivity index (χ2n) is 5.52. The number of rotatable bonds is 1. The average molecular weight is 293 g/mol. The molecule has 6 heteroatoms. The van der Waals surface area contributed by atoms with Gasteiger partial charge in [0.1, 0.15) is 22.9 Å². The van der Waals surface area contributed by atoms with Crippen molar-refractivity contribution in [1.29, 1.82) is 10.7 Å². The van der Waals surface area contributed by atoms with E-state index in [9.17, 15) is 10.1 Å². The van der Waals surface area contributed by atoms with Crippen molar-refractivity contribution in [2.24, 2.45) is 0 Å². The van der Waals surface area contributed by atoms with E-state index in [1.54, 1.807) is 16.8 Å². The van der Waals surface area contributed by atoms with Crippen molar-refractivity contribution in [2.75, 3.05) is 0 Å². The highest BCUT2D eigenvalue weighted by molar-refractivity contribution is 5.78. The van der Waals surface area contributed by atoms with Crippen molar-refractivity contribution in [3.63, 3.8) is 0 Å². The van der Waals surface area contributed by atoms with Crippen LogP contribution < -0.4 is 11.0 Å². The van der Waals surface area contributed by atoms with E-state index in [0.29, 0.717) is 16.7 Å². The Hall–Kier alpha value is -2.94. The zero-order chi connectivity index (χ0) is 16.0.